The summed E-state index contributed by atoms with van der Waals surface area (Å²) in [4.78, 5) is 4.36. The molecule has 0 aliphatic heterocycles. The van der Waals surface area contributed by atoms with Gasteiger partial charge in [0.2, 0.25) is 5.89 Å². The second-order valence-corrected chi connectivity index (χ2v) is 4.67. The second kappa shape index (κ2) is 6.18. The van der Waals surface area contributed by atoms with Crippen molar-refractivity contribution < 1.29 is 14.3 Å². The highest BCUT2D eigenvalue weighted by Crippen LogP contribution is 2.26. The minimum atomic E-state index is 0.127. The maximum absolute atomic E-state index is 9.54. The zero-order valence-corrected chi connectivity index (χ0v) is 12.1. The zero-order chi connectivity index (χ0) is 15.4. The van der Waals surface area contributed by atoms with Crippen molar-refractivity contribution in [3.05, 3.63) is 66.1 Å². The molecular formula is C18H15NO3. The van der Waals surface area contributed by atoms with E-state index in [0.717, 1.165) is 16.7 Å². The highest BCUT2D eigenvalue weighted by molar-refractivity contribution is 5.73. The Labute approximate surface area is 128 Å². The zero-order valence-electron chi connectivity index (χ0n) is 12.1. The van der Waals surface area contributed by atoms with Crippen LogP contribution in [0.2, 0.25) is 0 Å². The SMILES string of the molecule is COc1cc(/C=C\C=C\c2nc3ccccc3o2)ccc1O. The first-order chi connectivity index (χ1) is 10.8. The van der Waals surface area contributed by atoms with E-state index in [1.807, 2.05) is 48.6 Å². The van der Waals surface area contributed by atoms with Crippen LogP contribution in [-0.2, 0) is 0 Å². The molecule has 3 aromatic rings. The molecule has 1 N–H and O–H groups in total. The van der Waals surface area contributed by atoms with Crippen molar-refractivity contribution in [2.75, 3.05) is 7.11 Å². The fourth-order valence-electron chi connectivity index (χ4n) is 2.06. The fourth-order valence-corrected chi connectivity index (χ4v) is 2.06. The van der Waals surface area contributed by atoms with Crippen molar-refractivity contribution >= 4 is 23.3 Å². The Morgan fingerprint density at radius 1 is 1.09 bits per heavy atom. The van der Waals surface area contributed by atoms with E-state index < -0.39 is 0 Å². The normalized spacial score (nSPS) is 11.7. The van der Waals surface area contributed by atoms with Gasteiger partial charge in [0, 0.05) is 6.08 Å². The summed E-state index contributed by atoms with van der Waals surface area (Å²) in [6.07, 6.45) is 7.43. The number of aromatic nitrogens is 1. The average Bonchev–Trinajstić information content (AvgIpc) is 2.95. The molecule has 1 aromatic heterocycles. The lowest BCUT2D eigenvalue weighted by molar-refractivity contribution is 0.373. The smallest absolute Gasteiger partial charge is 0.219 e. The number of rotatable bonds is 4. The third kappa shape index (κ3) is 3.01. The number of allylic oxidation sites excluding steroid dienone is 2. The van der Waals surface area contributed by atoms with Crippen molar-refractivity contribution in [3.8, 4) is 11.5 Å². The topological polar surface area (TPSA) is 55.5 Å². The molecule has 4 heteroatoms. The van der Waals surface area contributed by atoms with Crippen LogP contribution >= 0.6 is 0 Å². The lowest BCUT2D eigenvalue weighted by atomic mass is 10.2. The van der Waals surface area contributed by atoms with Gasteiger partial charge in [0.1, 0.15) is 5.52 Å². The lowest BCUT2D eigenvalue weighted by Gasteiger charge is -2.03. The van der Waals surface area contributed by atoms with Crippen molar-refractivity contribution in [3.63, 3.8) is 0 Å². The van der Waals surface area contributed by atoms with Gasteiger partial charge in [-0.15, -0.1) is 0 Å². The number of benzene rings is 2. The molecule has 0 spiro atoms. The minimum Gasteiger partial charge on any atom is -0.504 e. The van der Waals surface area contributed by atoms with Crippen molar-refractivity contribution in [2.24, 2.45) is 0 Å². The van der Waals surface area contributed by atoms with Crippen LogP contribution in [0.5, 0.6) is 11.5 Å². The largest absolute Gasteiger partial charge is 0.504 e. The molecule has 0 fully saturated rings. The number of ether oxygens (including phenoxy) is 1. The molecule has 1 heterocycles. The van der Waals surface area contributed by atoms with Gasteiger partial charge in [-0.3, -0.25) is 0 Å². The number of phenols is 1. The molecule has 0 aliphatic carbocycles. The Kier molecular flexibility index (Phi) is 3.92. The highest BCUT2D eigenvalue weighted by Gasteiger charge is 2.01. The van der Waals surface area contributed by atoms with Gasteiger partial charge in [0.15, 0.2) is 17.1 Å². The molecule has 0 atom stereocenters. The van der Waals surface area contributed by atoms with E-state index in [-0.39, 0.29) is 5.75 Å². The number of methoxy groups -OCH3 is 1. The number of nitrogens with zero attached hydrogens (tertiary/aromatic N) is 1. The van der Waals surface area contributed by atoms with Gasteiger partial charge in [-0.25, -0.2) is 4.98 Å². The number of phenolic OH excluding ortho intramolecular Hbond substituents is 1. The maximum atomic E-state index is 9.54. The number of oxazole rings is 1. The van der Waals surface area contributed by atoms with Gasteiger partial charge in [-0.2, -0.15) is 0 Å². The average molecular weight is 293 g/mol. The summed E-state index contributed by atoms with van der Waals surface area (Å²) in [5.41, 5.74) is 2.54. The molecular weight excluding hydrogens is 278 g/mol. The van der Waals surface area contributed by atoms with E-state index in [0.29, 0.717) is 11.6 Å². The number of hydrogen-bond donors (Lipinski definition) is 1. The minimum absolute atomic E-state index is 0.127. The quantitative estimate of drug-likeness (QED) is 0.730. The molecule has 0 saturated heterocycles. The molecule has 0 amide bonds. The molecule has 0 radical (unpaired) electrons. The molecule has 110 valence electrons. The summed E-state index contributed by atoms with van der Waals surface area (Å²) in [6, 6.07) is 12.8. The Hall–Kier alpha value is -3.01. The summed E-state index contributed by atoms with van der Waals surface area (Å²) in [5, 5.41) is 9.54. The van der Waals surface area contributed by atoms with E-state index >= 15 is 0 Å². The molecule has 0 bridgehead atoms. The predicted molar refractivity (Wildman–Crippen MR) is 86.7 cm³/mol. The number of para-hydroxylation sites is 2. The second-order valence-electron chi connectivity index (χ2n) is 4.67. The van der Waals surface area contributed by atoms with Crippen LogP contribution in [0.4, 0.5) is 0 Å². The summed E-state index contributed by atoms with van der Waals surface area (Å²) in [5.74, 6) is 1.14. The van der Waals surface area contributed by atoms with Gasteiger partial charge < -0.3 is 14.3 Å². The van der Waals surface area contributed by atoms with Gasteiger partial charge in [-0.1, -0.05) is 36.4 Å². The first-order valence-corrected chi connectivity index (χ1v) is 6.83. The molecule has 0 saturated carbocycles. The fraction of sp³-hybridized carbons (Fsp3) is 0.0556. The van der Waals surface area contributed by atoms with E-state index in [2.05, 4.69) is 4.98 Å². The third-order valence-electron chi connectivity index (χ3n) is 3.15. The van der Waals surface area contributed by atoms with Gasteiger partial charge in [-0.05, 0) is 29.8 Å². The van der Waals surface area contributed by atoms with Gasteiger partial charge in [0.25, 0.3) is 0 Å². The molecule has 0 aliphatic rings. The first kappa shape index (κ1) is 13.9. The lowest BCUT2D eigenvalue weighted by Crippen LogP contribution is -1.83. The van der Waals surface area contributed by atoms with E-state index in [1.165, 1.54) is 7.11 Å². The van der Waals surface area contributed by atoms with Crippen LogP contribution in [0.25, 0.3) is 23.3 Å². The maximum Gasteiger partial charge on any atom is 0.219 e. The van der Waals surface area contributed by atoms with Crippen LogP contribution in [0.15, 0.2) is 59.0 Å². The van der Waals surface area contributed by atoms with Crippen LogP contribution < -0.4 is 4.74 Å². The summed E-state index contributed by atoms with van der Waals surface area (Å²) >= 11 is 0. The monoisotopic (exact) mass is 293 g/mol. The molecule has 22 heavy (non-hydrogen) atoms. The Bertz CT molecular complexity index is 813. The predicted octanol–water partition coefficient (Wildman–Crippen LogP) is 4.27. The standard InChI is InChI=1S/C18H15NO3/c1-21-17-12-13(10-11-15(17)20)6-2-5-9-18-19-14-7-3-4-8-16(14)22-18/h2-12,20H,1H3/b6-2-,9-5+. The summed E-state index contributed by atoms with van der Waals surface area (Å²) in [7, 11) is 1.52. The van der Waals surface area contributed by atoms with Crippen LogP contribution in [0.1, 0.15) is 11.5 Å². The van der Waals surface area contributed by atoms with Crippen molar-refractivity contribution in [2.45, 2.75) is 0 Å². The van der Waals surface area contributed by atoms with E-state index in [9.17, 15) is 5.11 Å². The van der Waals surface area contributed by atoms with Crippen molar-refractivity contribution in [1.29, 1.82) is 0 Å². The molecule has 3 rings (SSSR count). The van der Waals surface area contributed by atoms with Crippen LogP contribution in [0.3, 0.4) is 0 Å². The molecule has 4 nitrogen and oxygen atoms in total. The molecule has 0 unspecified atom stereocenters. The van der Waals surface area contributed by atoms with E-state index in [4.69, 9.17) is 9.15 Å². The Balaban J connectivity index is 1.73. The van der Waals surface area contributed by atoms with Gasteiger partial charge in [0.05, 0.1) is 7.11 Å². The summed E-state index contributed by atoms with van der Waals surface area (Å²) in [6.45, 7) is 0. The van der Waals surface area contributed by atoms with E-state index in [1.54, 1.807) is 18.2 Å². The van der Waals surface area contributed by atoms with Gasteiger partial charge >= 0.3 is 0 Å². The number of hydrogen-bond acceptors (Lipinski definition) is 4. The Morgan fingerprint density at radius 2 is 1.91 bits per heavy atom. The van der Waals surface area contributed by atoms with Crippen LogP contribution in [-0.4, -0.2) is 17.2 Å². The summed E-state index contributed by atoms with van der Waals surface area (Å²) < 4.78 is 10.7. The van der Waals surface area contributed by atoms with Crippen molar-refractivity contribution in [1.82, 2.24) is 4.98 Å². The Morgan fingerprint density at radius 3 is 2.73 bits per heavy atom. The number of fused-ring (bicyclic) bond motifs is 1. The third-order valence-corrected chi connectivity index (χ3v) is 3.15. The first-order valence-electron chi connectivity index (χ1n) is 6.83. The van der Waals surface area contributed by atoms with Crippen LogP contribution in [0, 0.1) is 0 Å². The highest BCUT2D eigenvalue weighted by atomic mass is 16.5. The number of aromatic hydroxyl groups is 1. The molecule has 2 aromatic carbocycles.